The number of hydrogen-bond donors (Lipinski definition) is 8. The molecule has 176 valence electrons. The third-order valence-electron chi connectivity index (χ3n) is 4.15. The molecule has 0 saturated carbocycles. The summed E-state index contributed by atoms with van der Waals surface area (Å²) in [7, 11) is 0. The third-order valence-corrected chi connectivity index (χ3v) is 4.15. The van der Waals surface area contributed by atoms with Crippen LogP contribution in [0.1, 0.15) is 25.0 Å². The smallest absolute Gasteiger partial charge is 0.326 e. The number of aromatic nitrogens is 2. The molecule has 32 heavy (non-hydrogen) atoms. The maximum Gasteiger partial charge on any atom is 0.326 e. The van der Waals surface area contributed by atoms with Crippen molar-refractivity contribution in [2.45, 2.75) is 43.8 Å². The second kappa shape index (κ2) is 12.6. The van der Waals surface area contributed by atoms with Crippen molar-refractivity contribution in [3.05, 3.63) is 18.2 Å². The zero-order valence-corrected chi connectivity index (χ0v) is 17.0. The summed E-state index contributed by atoms with van der Waals surface area (Å²) in [6.45, 7) is -0.425. The Morgan fingerprint density at radius 2 is 1.59 bits per heavy atom. The number of hydrogen-bond acceptors (Lipinski definition) is 8. The van der Waals surface area contributed by atoms with Crippen LogP contribution in [0.4, 0.5) is 0 Å². The first-order valence-electron chi connectivity index (χ1n) is 9.40. The van der Waals surface area contributed by atoms with Crippen LogP contribution in [0.25, 0.3) is 0 Å². The van der Waals surface area contributed by atoms with Crippen LogP contribution >= 0.6 is 0 Å². The van der Waals surface area contributed by atoms with E-state index in [1.165, 1.54) is 12.5 Å². The first-order valence-corrected chi connectivity index (χ1v) is 9.40. The first kappa shape index (κ1) is 26.0. The van der Waals surface area contributed by atoms with Crippen molar-refractivity contribution in [1.29, 1.82) is 0 Å². The fourth-order valence-electron chi connectivity index (χ4n) is 2.58. The molecule has 5 amide bonds. The van der Waals surface area contributed by atoms with Gasteiger partial charge < -0.3 is 43.2 Å². The van der Waals surface area contributed by atoms with Crippen molar-refractivity contribution in [3.8, 4) is 0 Å². The number of nitrogens with zero attached hydrogens (tertiary/aromatic N) is 1. The molecule has 3 unspecified atom stereocenters. The number of carboxylic acid groups (broad SMARTS) is 1. The quantitative estimate of drug-likeness (QED) is 0.135. The van der Waals surface area contributed by atoms with Crippen molar-refractivity contribution in [2.24, 2.45) is 17.2 Å². The van der Waals surface area contributed by atoms with Gasteiger partial charge in [-0.1, -0.05) is 0 Å². The van der Waals surface area contributed by atoms with E-state index in [1.54, 1.807) is 0 Å². The van der Waals surface area contributed by atoms with Crippen molar-refractivity contribution in [2.75, 3.05) is 6.54 Å². The standard InChI is InChI=1S/C17H26N8O7/c18-5-14(28)23-9(1-2-12(19)26)15(29)24-10(3-8-6-21-7-22-8)16(30)25-11(17(31)32)4-13(20)27/h6-7,9-11H,1-5,18H2,(H2,19,26)(H2,20,27)(H,21,22)(H,23,28)(H,24,29)(H,25,30)(H,31,32). The molecule has 0 spiro atoms. The lowest BCUT2D eigenvalue weighted by atomic mass is 10.1. The van der Waals surface area contributed by atoms with E-state index in [-0.39, 0.29) is 19.3 Å². The summed E-state index contributed by atoms with van der Waals surface area (Å²) in [6, 6.07) is -4.19. The number of carbonyl (C=O) groups excluding carboxylic acids is 5. The predicted octanol–water partition coefficient (Wildman–Crippen LogP) is -4.41. The number of carboxylic acids is 1. The second-order valence-electron chi connectivity index (χ2n) is 6.74. The van der Waals surface area contributed by atoms with Gasteiger partial charge in [0.05, 0.1) is 19.3 Å². The van der Waals surface area contributed by atoms with Gasteiger partial charge in [0, 0.05) is 24.7 Å². The molecule has 1 aromatic rings. The van der Waals surface area contributed by atoms with Crippen LogP contribution < -0.4 is 33.2 Å². The normalized spacial score (nSPS) is 13.3. The van der Waals surface area contributed by atoms with E-state index in [0.717, 1.165) is 0 Å². The molecule has 1 heterocycles. The van der Waals surface area contributed by atoms with Crippen LogP contribution in [-0.2, 0) is 35.2 Å². The number of aliphatic carboxylic acids is 1. The molecule has 0 aliphatic rings. The second-order valence-corrected chi connectivity index (χ2v) is 6.74. The van der Waals surface area contributed by atoms with Gasteiger partial charge >= 0.3 is 5.97 Å². The molecule has 0 aliphatic carbocycles. The molecular weight excluding hydrogens is 428 g/mol. The van der Waals surface area contributed by atoms with Gasteiger partial charge in [0.15, 0.2) is 0 Å². The van der Waals surface area contributed by atoms with Crippen LogP contribution in [-0.4, -0.2) is 75.2 Å². The number of carbonyl (C=O) groups is 6. The van der Waals surface area contributed by atoms with Crippen molar-refractivity contribution in [1.82, 2.24) is 25.9 Å². The fourth-order valence-corrected chi connectivity index (χ4v) is 2.58. The van der Waals surface area contributed by atoms with Crippen molar-refractivity contribution < 1.29 is 33.9 Å². The van der Waals surface area contributed by atoms with Crippen LogP contribution in [0.3, 0.4) is 0 Å². The van der Waals surface area contributed by atoms with Gasteiger partial charge in [0.1, 0.15) is 18.1 Å². The van der Waals surface area contributed by atoms with E-state index < -0.39 is 66.6 Å². The zero-order chi connectivity index (χ0) is 24.3. The molecule has 3 atom stereocenters. The zero-order valence-electron chi connectivity index (χ0n) is 17.0. The highest BCUT2D eigenvalue weighted by Crippen LogP contribution is 2.04. The molecule has 0 fully saturated rings. The molecule has 0 radical (unpaired) electrons. The number of imidazole rings is 1. The molecule has 1 rings (SSSR count). The minimum atomic E-state index is -1.62. The Morgan fingerprint density at radius 1 is 0.969 bits per heavy atom. The number of primary amides is 2. The number of nitrogens with two attached hydrogens (primary N) is 3. The van der Waals surface area contributed by atoms with Gasteiger partial charge in [-0.3, -0.25) is 24.0 Å². The largest absolute Gasteiger partial charge is 0.480 e. The van der Waals surface area contributed by atoms with Crippen molar-refractivity contribution in [3.63, 3.8) is 0 Å². The van der Waals surface area contributed by atoms with E-state index in [0.29, 0.717) is 5.69 Å². The summed E-state index contributed by atoms with van der Waals surface area (Å²) in [5.74, 6) is -5.63. The summed E-state index contributed by atoms with van der Waals surface area (Å²) in [5.41, 5.74) is 15.8. The maximum absolute atomic E-state index is 12.7. The summed E-state index contributed by atoms with van der Waals surface area (Å²) in [6.07, 6.45) is 1.51. The van der Waals surface area contributed by atoms with Crippen LogP contribution in [0.5, 0.6) is 0 Å². The van der Waals surface area contributed by atoms with E-state index in [1.807, 2.05) is 0 Å². The Morgan fingerprint density at radius 3 is 2.09 bits per heavy atom. The highest BCUT2D eigenvalue weighted by Gasteiger charge is 2.30. The SMILES string of the molecule is NCC(=O)NC(CCC(N)=O)C(=O)NC(Cc1cnc[nH]1)C(=O)NC(CC(N)=O)C(=O)O. The maximum atomic E-state index is 12.7. The van der Waals surface area contributed by atoms with Crippen LogP contribution in [0.2, 0.25) is 0 Å². The monoisotopic (exact) mass is 454 g/mol. The highest BCUT2D eigenvalue weighted by molar-refractivity contribution is 5.94. The number of H-pyrrole nitrogens is 1. The Kier molecular flexibility index (Phi) is 10.3. The summed E-state index contributed by atoms with van der Waals surface area (Å²) < 4.78 is 0. The number of aromatic amines is 1. The summed E-state index contributed by atoms with van der Waals surface area (Å²) in [5, 5.41) is 16.0. The van der Waals surface area contributed by atoms with Gasteiger partial charge in [0.2, 0.25) is 29.5 Å². The van der Waals surface area contributed by atoms with Gasteiger partial charge in [-0.15, -0.1) is 0 Å². The van der Waals surface area contributed by atoms with E-state index in [4.69, 9.17) is 17.2 Å². The van der Waals surface area contributed by atoms with Gasteiger partial charge in [-0.05, 0) is 6.42 Å². The Labute approximate surface area is 181 Å². The Balaban J connectivity index is 3.04. The average molecular weight is 454 g/mol. The van der Waals surface area contributed by atoms with E-state index in [2.05, 4.69) is 25.9 Å². The average Bonchev–Trinajstić information content (AvgIpc) is 3.22. The molecule has 15 heteroatoms. The first-order chi connectivity index (χ1) is 15.0. The highest BCUT2D eigenvalue weighted by atomic mass is 16.4. The molecule has 0 saturated heterocycles. The number of amides is 5. The minimum Gasteiger partial charge on any atom is -0.480 e. The number of nitrogens with one attached hydrogen (secondary N) is 4. The summed E-state index contributed by atoms with van der Waals surface area (Å²) >= 11 is 0. The van der Waals surface area contributed by atoms with Crippen LogP contribution in [0, 0.1) is 0 Å². The molecule has 0 aromatic carbocycles. The van der Waals surface area contributed by atoms with Crippen molar-refractivity contribution >= 4 is 35.5 Å². The van der Waals surface area contributed by atoms with Crippen LogP contribution in [0.15, 0.2) is 12.5 Å². The Hall–Kier alpha value is -4.01. The predicted molar refractivity (Wildman–Crippen MR) is 107 cm³/mol. The lowest BCUT2D eigenvalue weighted by molar-refractivity contribution is -0.143. The van der Waals surface area contributed by atoms with Gasteiger partial charge in [-0.25, -0.2) is 9.78 Å². The topological polar surface area (TPSA) is 265 Å². The fraction of sp³-hybridized carbons (Fsp3) is 0.471. The molecular formula is C17H26N8O7. The minimum absolute atomic E-state index is 0.131. The lowest BCUT2D eigenvalue weighted by Gasteiger charge is -2.24. The molecule has 15 nitrogen and oxygen atoms in total. The molecule has 1 aromatic heterocycles. The van der Waals surface area contributed by atoms with E-state index >= 15 is 0 Å². The molecule has 0 bridgehead atoms. The van der Waals surface area contributed by atoms with E-state index in [9.17, 15) is 33.9 Å². The molecule has 0 aliphatic heterocycles. The van der Waals surface area contributed by atoms with Gasteiger partial charge in [-0.2, -0.15) is 0 Å². The van der Waals surface area contributed by atoms with Gasteiger partial charge in [0.25, 0.3) is 0 Å². The third kappa shape index (κ3) is 9.21. The number of rotatable bonds is 14. The summed E-state index contributed by atoms with van der Waals surface area (Å²) in [4.78, 5) is 77.1. The molecule has 11 N–H and O–H groups in total. The lowest BCUT2D eigenvalue weighted by Crippen LogP contribution is -2.57. The Bertz CT molecular complexity index is 842.